The van der Waals surface area contributed by atoms with Crippen molar-refractivity contribution in [3.63, 3.8) is 0 Å². The summed E-state index contributed by atoms with van der Waals surface area (Å²) < 4.78 is 39.4. The number of likely N-dealkylation sites (tertiary alicyclic amines) is 1. The number of nitrogens with zero attached hydrogens (tertiary/aromatic N) is 6. The van der Waals surface area contributed by atoms with Crippen LogP contribution in [0.1, 0.15) is 44.4 Å². The highest BCUT2D eigenvalue weighted by atomic mass is 19.4. The molecule has 0 aliphatic carbocycles. The van der Waals surface area contributed by atoms with Crippen LogP contribution in [0.2, 0.25) is 0 Å². The highest BCUT2D eigenvalue weighted by Crippen LogP contribution is 2.32. The molecule has 1 fully saturated rings. The van der Waals surface area contributed by atoms with E-state index in [9.17, 15) is 13.2 Å². The van der Waals surface area contributed by atoms with Crippen LogP contribution in [0.3, 0.4) is 0 Å². The number of aromatic nitrogens is 3. The third kappa shape index (κ3) is 7.14. The highest BCUT2D eigenvalue weighted by Gasteiger charge is 2.31. The summed E-state index contributed by atoms with van der Waals surface area (Å²) in [4.78, 5) is 22.1. The number of rotatable bonds is 9. The van der Waals surface area contributed by atoms with Gasteiger partial charge in [-0.1, -0.05) is 6.58 Å². The van der Waals surface area contributed by atoms with Crippen LogP contribution < -0.4 is 15.5 Å². The van der Waals surface area contributed by atoms with E-state index >= 15 is 0 Å². The van der Waals surface area contributed by atoms with Gasteiger partial charge in [0.05, 0.1) is 17.8 Å². The Kier molecular flexibility index (Phi) is 8.66. The van der Waals surface area contributed by atoms with E-state index in [-0.39, 0.29) is 11.7 Å². The molecule has 3 rings (SSSR count). The Bertz CT molecular complexity index is 1050. The second kappa shape index (κ2) is 11.5. The summed E-state index contributed by atoms with van der Waals surface area (Å²) in [5, 5.41) is 6.14. The minimum atomic E-state index is -4.45. The first-order chi connectivity index (χ1) is 16.6. The van der Waals surface area contributed by atoms with Crippen molar-refractivity contribution in [2.45, 2.75) is 39.3 Å². The molecule has 2 aromatic heterocycles. The van der Waals surface area contributed by atoms with Crippen molar-refractivity contribution >= 4 is 23.4 Å². The average molecular weight is 491 g/mol. The molecule has 11 heteroatoms. The van der Waals surface area contributed by atoms with Gasteiger partial charge in [-0.3, -0.25) is 9.89 Å². The number of amidine groups is 1. The fraction of sp³-hybridized carbons (Fsp3) is 0.500. The summed E-state index contributed by atoms with van der Waals surface area (Å²) in [5.41, 5.74) is 0.915. The molecule has 0 saturated carbocycles. The van der Waals surface area contributed by atoms with Gasteiger partial charge in [-0.15, -0.1) is 0 Å². The largest absolute Gasteiger partial charge is 0.416 e. The van der Waals surface area contributed by atoms with Gasteiger partial charge in [0.1, 0.15) is 17.5 Å². The maximum atomic E-state index is 13.1. The molecule has 3 heterocycles. The molecule has 0 aromatic carbocycles. The molecule has 0 radical (unpaired) electrons. The summed E-state index contributed by atoms with van der Waals surface area (Å²) in [7, 11) is 1.75. The van der Waals surface area contributed by atoms with Crippen molar-refractivity contribution in [1.82, 2.24) is 25.2 Å². The van der Waals surface area contributed by atoms with Crippen LogP contribution in [0.4, 0.5) is 30.8 Å². The Hall–Kier alpha value is -3.21. The van der Waals surface area contributed by atoms with E-state index in [2.05, 4.69) is 37.1 Å². The number of anilines is 3. The summed E-state index contributed by atoms with van der Waals surface area (Å²) in [5.74, 6) is 2.05. The van der Waals surface area contributed by atoms with E-state index in [1.807, 2.05) is 31.7 Å². The molecule has 1 saturated heterocycles. The van der Waals surface area contributed by atoms with Gasteiger partial charge in [0.2, 0.25) is 5.95 Å². The van der Waals surface area contributed by atoms with Gasteiger partial charge < -0.3 is 15.5 Å². The number of aliphatic imine (C=N–C) groups is 1. The standard InChI is InChI=1S/C24H33F3N8/c1-6-35(7-2)23-31-19(17-9-11-34(14-17)15-22(28-5)30-16(3)4)13-21(33-23)32-20-12-18(8-10-29-20)24(25,26)27/h8,10,12-13,17H,3,6-7,9,11,14-15H2,1-2,4-5H3,(H,28,30)(H,29,31,32,33). The second-order valence-corrected chi connectivity index (χ2v) is 8.50. The molecular weight excluding hydrogens is 457 g/mol. The monoisotopic (exact) mass is 490 g/mol. The van der Waals surface area contributed by atoms with Crippen LogP contribution in [0.5, 0.6) is 0 Å². The molecule has 0 amide bonds. The minimum Gasteiger partial charge on any atom is -0.347 e. The number of hydrogen-bond acceptors (Lipinski definition) is 7. The van der Waals surface area contributed by atoms with Crippen LogP contribution in [-0.2, 0) is 6.18 Å². The predicted molar refractivity (Wildman–Crippen MR) is 133 cm³/mol. The highest BCUT2D eigenvalue weighted by molar-refractivity contribution is 5.85. The third-order valence-electron chi connectivity index (χ3n) is 5.82. The van der Waals surface area contributed by atoms with Gasteiger partial charge in [-0.25, -0.2) is 9.97 Å². The van der Waals surface area contributed by atoms with E-state index in [1.165, 1.54) is 0 Å². The SMILES string of the molecule is C=C(C)NC(CN1CCC(c2cc(Nc3cc(C(F)(F)F)ccn3)nc(N(CC)CC)n2)C1)=NC. The van der Waals surface area contributed by atoms with E-state index in [1.54, 1.807) is 7.05 Å². The first-order valence-electron chi connectivity index (χ1n) is 11.7. The van der Waals surface area contributed by atoms with Crippen molar-refractivity contribution in [1.29, 1.82) is 0 Å². The van der Waals surface area contributed by atoms with Gasteiger partial charge in [-0.2, -0.15) is 18.2 Å². The quantitative estimate of drug-likeness (QED) is 0.398. The van der Waals surface area contributed by atoms with Crippen molar-refractivity contribution < 1.29 is 13.2 Å². The Morgan fingerprint density at radius 3 is 2.60 bits per heavy atom. The first kappa shape index (κ1) is 26.4. The van der Waals surface area contributed by atoms with E-state index in [0.29, 0.717) is 31.4 Å². The van der Waals surface area contributed by atoms with Gasteiger partial charge in [0.15, 0.2) is 0 Å². The molecule has 0 spiro atoms. The van der Waals surface area contributed by atoms with Crippen LogP contribution in [0, 0.1) is 0 Å². The Morgan fingerprint density at radius 2 is 1.97 bits per heavy atom. The number of allylic oxidation sites excluding steroid dienone is 1. The molecule has 1 unspecified atom stereocenters. The van der Waals surface area contributed by atoms with Crippen LogP contribution >= 0.6 is 0 Å². The van der Waals surface area contributed by atoms with E-state index in [4.69, 9.17) is 4.98 Å². The zero-order chi connectivity index (χ0) is 25.6. The van der Waals surface area contributed by atoms with Crippen molar-refractivity contribution in [2.75, 3.05) is 50.0 Å². The second-order valence-electron chi connectivity index (χ2n) is 8.50. The maximum absolute atomic E-state index is 13.1. The summed E-state index contributed by atoms with van der Waals surface area (Å²) >= 11 is 0. The lowest BCUT2D eigenvalue weighted by Gasteiger charge is -2.22. The Morgan fingerprint density at radius 1 is 1.23 bits per heavy atom. The summed E-state index contributed by atoms with van der Waals surface area (Å²) in [6, 6.07) is 3.74. The molecule has 35 heavy (non-hydrogen) atoms. The van der Waals surface area contributed by atoms with Gasteiger partial charge in [0.25, 0.3) is 0 Å². The number of halogens is 3. The smallest absolute Gasteiger partial charge is 0.347 e. The zero-order valence-electron chi connectivity index (χ0n) is 20.7. The third-order valence-corrected chi connectivity index (χ3v) is 5.82. The molecule has 1 atom stereocenters. The Labute approximate surface area is 204 Å². The summed E-state index contributed by atoms with van der Waals surface area (Å²) in [6.45, 7) is 13.5. The Balaban J connectivity index is 1.85. The molecule has 1 aliphatic rings. The molecule has 2 aromatic rings. The van der Waals surface area contributed by atoms with E-state index < -0.39 is 11.7 Å². The molecule has 0 bridgehead atoms. The van der Waals surface area contributed by atoms with Gasteiger partial charge in [0, 0.05) is 50.6 Å². The van der Waals surface area contributed by atoms with Crippen molar-refractivity contribution in [3.05, 3.63) is 47.9 Å². The zero-order valence-corrected chi connectivity index (χ0v) is 20.7. The first-order valence-corrected chi connectivity index (χ1v) is 11.7. The van der Waals surface area contributed by atoms with Crippen molar-refractivity contribution in [2.24, 2.45) is 4.99 Å². The molecular formula is C24H33F3N8. The number of alkyl halides is 3. The molecule has 1 aliphatic heterocycles. The average Bonchev–Trinajstić information content (AvgIpc) is 3.27. The fourth-order valence-corrected chi connectivity index (χ4v) is 4.02. The normalized spacial score (nSPS) is 16.9. The molecule has 2 N–H and O–H groups in total. The van der Waals surface area contributed by atoms with Crippen LogP contribution in [0.25, 0.3) is 0 Å². The van der Waals surface area contributed by atoms with Gasteiger partial charge >= 0.3 is 6.18 Å². The number of hydrogen-bond donors (Lipinski definition) is 2. The topological polar surface area (TPSA) is 81.6 Å². The fourth-order valence-electron chi connectivity index (χ4n) is 4.02. The lowest BCUT2D eigenvalue weighted by Crippen LogP contribution is -2.35. The summed E-state index contributed by atoms with van der Waals surface area (Å²) in [6.07, 6.45) is -2.41. The van der Waals surface area contributed by atoms with Crippen LogP contribution in [0.15, 0.2) is 41.7 Å². The van der Waals surface area contributed by atoms with E-state index in [0.717, 1.165) is 55.1 Å². The van der Waals surface area contributed by atoms with Crippen molar-refractivity contribution in [3.8, 4) is 0 Å². The molecule has 190 valence electrons. The lowest BCUT2D eigenvalue weighted by molar-refractivity contribution is -0.137. The predicted octanol–water partition coefficient (Wildman–Crippen LogP) is 4.42. The minimum absolute atomic E-state index is 0.0812. The van der Waals surface area contributed by atoms with Gasteiger partial charge in [-0.05, 0) is 45.9 Å². The molecule has 8 nitrogen and oxygen atoms in total. The number of nitrogens with one attached hydrogen (secondary N) is 2. The lowest BCUT2D eigenvalue weighted by atomic mass is 10.0. The maximum Gasteiger partial charge on any atom is 0.416 e. The van der Waals surface area contributed by atoms with Crippen LogP contribution in [-0.4, -0.2) is 65.5 Å². The number of pyridine rings is 1.